The van der Waals surface area contributed by atoms with Gasteiger partial charge in [0, 0.05) is 24.9 Å². The molecule has 5 nitrogen and oxygen atoms in total. The lowest BCUT2D eigenvalue weighted by molar-refractivity contribution is -0.117. The van der Waals surface area contributed by atoms with Crippen molar-refractivity contribution in [1.29, 1.82) is 0 Å². The molecule has 1 atom stereocenters. The van der Waals surface area contributed by atoms with Crippen molar-refractivity contribution in [3.8, 4) is 17.0 Å². The minimum Gasteiger partial charge on any atom is -0.497 e. The number of aromatic nitrogens is 2. The Morgan fingerprint density at radius 1 is 1.43 bits per heavy atom. The predicted molar refractivity (Wildman–Crippen MR) is 81.8 cm³/mol. The molecule has 0 aliphatic carbocycles. The molecule has 1 unspecified atom stereocenters. The number of hydrogen-bond donors (Lipinski definition) is 1. The number of benzene rings is 1. The third-order valence-electron chi connectivity index (χ3n) is 3.67. The molecule has 1 aliphatic heterocycles. The van der Waals surface area contributed by atoms with Gasteiger partial charge in [0.1, 0.15) is 5.75 Å². The van der Waals surface area contributed by atoms with Gasteiger partial charge < -0.3 is 4.74 Å². The van der Waals surface area contributed by atoms with Crippen LogP contribution in [0.25, 0.3) is 11.3 Å². The van der Waals surface area contributed by atoms with E-state index in [1.165, 1.54) is 0 Å². The molecule has 1 aromatic carbocycles. The molecule has 1 fully saturated rings. The van der Waals surface area contributed by atoms with Gasteiger partial charge >= 0.3 is 0 Å². The zero-order chi connectivity index (χ0) is 14.8. The summed E-state index contributed by atoms with van der Waals surface area (Å²) in [5, 5.41) is 7.21. The smallest absolute Gasteiger partial charge is 0.228 e. The molecule has 2 aromatic rings. The fraction of sp³-hybridized carbons (Fsp3) is 0.333. The number of anilines is 1. The Balaban J connectivity index is 1.81. The third-order valence-corrected chi connectivity index (χ3v) is 4.10. The number of alkyl halides is 1. The highest BCUT2D eigenvalue weighted by Gasteiger charge is 2.31. The minimum absolute atomic E-state index is 0.0773. The summed E-state index contributed by atoms with van der Waals surface area (Å²) in [5.74, 6) is 2.24. The Labute approximate surface area is 127 Å². The summed E-state index contributed by atoms with van der Waals surface area (Å²) < 4.78 is 5.14. The maximum absolute atomic E-state index is 12.0. The molecule has 1 aromatic heterocycles. The van der Waals surface area contributed by atoms with Crippen LogP contribution < -0.4 is 9.64 Å². The summed E-state index contributed by atoms with van der Waals surface area (Å²) in [6, 6.07) is 9.56. The first kappa shape index (κ1) is 13.9. The first-order chi connectivity index (χ1) is 10.2. The van der Waals surface area contributed by atoms with Crippen LogP contribution in [-0.2, 0) is 4.79 Å². The molecular weight excluding hydrogens is 290 g/mol. The SMILES string of the molecule is COc1ccc(-c2cc(N3CC(CCl)CC3=O)n[nH]2)cc1. The number of aromatic amines is 1. The zero-order valence-electron chi connectivity index (χ0n) is 11.7. The van der Waals surface area contributed by atoms with Gasteiger partial charge in [-0.15, -0.1) is 11.6 Å². The lowest BCUT2D eigenvalue weighted by atomic mass is 10.1. The first-order valence-corrected chi connectivity index (χ1v) is 7.31. The Kier molecular flexibility index (Phi) is 3.84. The third kappa shape index (κ3) is 2.74. The van der Waals surface area contributed by atoms with Crippen LogP contribution in [0.4, 0.5) is 5.82 Å². The number of ether oxygens (including phenoxy) is 1. The Bertz CT molecular complexity index is 639. The van der Waals surface area contributed by atoms with E-state index in [-0.39, 0.29) is 11.8 Å². The van der Waals surface area contributed by atoms with Crippen molar-refractivity contribution in [2.24, 2.45) is 5.92 Å². The lowest BCUT2D eigenvalue weighted by Gasteiger charge is -2.11. The Hall–Kier alpha value is -2.01. The average molecular weight is 306 g/mol. The molecule has 0 radical (unpaired) electrons. The van der Waals surface area contributed by atoms with Gasteiger partial charge in [-0.05, 0) is 35.7 Å². The second-order valence-corrected chi connectivity index (χ2v) is 5.41. The van der Waals surface area contributed by atoms with E-state index in [0.717, 1.165) is 17.0 Å². The van der Waals surface area contributed by atoms with Crippen LogP contribution in [0.15, 0.2) is 30.3 Å². The molecule has 1 aliphatic rings. The van der Waals surface area contributed by atoms with Gasteiger partial charge in [0.2, 0.25) is 5.91 Å². The van der Waals surface area contributed by atoms with Crippen molar-refractivity contribution in [2.75, 3.05) is 24.4 Å². The van der Waals surface area contributed by atoms with Gasteiger partial charge in [0.15, 0.2) is 5.82 Å². The number of amides is 1. The summed E-state index contributed by atoms with van der Waals surface area (Å²) in [5.41, 5.74) is 1.87. The van der Waals surface area contributed by atoms with Crippen molar-refractivity contribution < 1.29 is 9.53 Å². The average Bonchev–Trinajstić information content (AvgIpc) is 3.13. The number of carbonyl (C=O) groups excluding carboxylic acids is 1. The molecule has 6 heteroatoms. The maximum atomic E-state index is 12.0. The van der Waals surface area contributed by atoms with Crippen molar-refractivity contribution >= 4 is 23.3 Å². The highest BCUT2D eigenvalue weighted by atomic mass is 35.5. The number of H-pyrrole nitrogens is 1. The number of hydrogen-bond acceptors (Lipinski definition) is 3. The number of nitrogens with zero attached hydrogens (tertiary/aromatic N) is 2. The van der Waals surface area contributed by atoms with Gasteiger partial charge in [0.05, 0.1) is 12.8 Å². The van der Waals surface area contributed by atoms with E-state index in [1.54, 1.807) is 12.0 Å². The van der Waals surface area contributed by atoms with Crippen LogP contribution in [0, 0.1) is 5.92 Å². The van der Waals surface area contributed by atoms with Crippen LogP contribution in [0.5, 0.6) is 5.75 Å². The number of methoxy groups -OCH3 is 1. The van der Waals surface area contributed by atoms with Crippen molar-refractivity contribution in [3.05, 3.63) is 30.3 Å². The molecule has 1 amide bonds. The normalized spacial score (nSPS) is 18.3. The van der Waals surface area contributed by atoms with Gasteiger partial charge in [-0.25, -0.2) is 0 Å². The summed E-state index contributed by atoms with van der Waals surface area (Å²) in [6.45, 7) is 0.634. The van der Waals surface area contributed by atoms with E-state index >= 15 is 0 Å². The predicted octanol–water partition coefficient (Wildman–Crippen LogP) is 2.68. The highest BCUT2D eigenvalue weighted by molar-refractivity contribution is 6.18. The standard InChI is InChI=1S/C15H16ClN3O2/c1-21-12-4-2-11(3-5-12)13-7-14(18-17-13)19-9-10(8-16)6-15(19)20/h2-5,7,10H,6,8-9H2,1H3,(H,17,18). The zero-order valence-corrected chi connectivity index (χ0v) is 12.4. The molecule has 21 heavy (non-hydrogen) atoms. The highest BCUT2D eigenvalue weighted by Crippen LogP contribution is 2.28. The fourth-order valence-corrected chi connectivity index (χ4v) is 2.68. The van der Waals surface area contributed by atoms with Gasteiger partial charge in [-0.2, -0.15) is 5.10 Å². The molecule has 3 rings (SSSR count). The number of rotatable bonds is 4. The molecule has 0 saturated carbocycles. The van der Waals surface area contributed by atoms with Crippen molar-refractivity contribution in [2.45, 2.75) is 6.42 Å². The van der Waals surface area contributed by atoms with Crippen LogP contribution >= 0.6 is 11.6 Å². The second-order valence-electron chi connectivity index (χ2n) is 5.10. The molecule has 2 heterocycles. The van der Waals surface area contributed by atoms with E-state index < -0.39 is 0 Å². The first-order valence-electron chi connectivity index (χ1n) is 6.77. The van der Waals surface area contributed by atoms with Crippen LogP contribution in [0.1, 0.15) is 6.42 Å². The summed E-state index contributed by atoms with van der Waals surface area (Å²) in [6.07, 6.45) is 0.494. The Morgan fingerprint density at radius 2 is 2.19 bits per heavy atom. The summed E-state index contributed by atoms with van der Waals surface area (Å²) in [4.78, 5) is 13.7. The molecule has 0 bridgehead atoms. The number of carbonyl (C=O) groups is 1. The van der Waals surface area contributed by atoms with Crippen molar-refractivity contribution in [1.82, 2.24) is 10.2 Å². The largest absolute Gasteiger partial charge is 0.497 e. The van der Waals surface area contributed by atoms with Gasteiger partial charge in [-0.1, -0.05) is 0 Å². The molecule has 1 N–H and O–H groups in total. The van der Waals surface area contributed by atoms with Crippen LogP contribution in [0.3, 0.4) is 0 Å². The molecule has 110 valence electrons. The topological polar surface area (TPSA) is 58.2 Å². The quantitative estimate of drug-likeness (QED) is 0.884. The van der Waals surface area contributed by atoms with E-state index in [4.69, 9.17) is 16.3 Å². The van der Waals surface area contributed by atoms with E-state index in [0.29, 0.717) is 24.7 Å². The van der Waals surface area contributed by atoms with Crippen LogP contribution in [-0.4, -0.2) is 35.6 Å². The Morgan fingerprint density at radius 3 is 2.81 bits per heavy atom. The number of halogens is 1. The monoisotopic (exact) mass is 305 g/mol. The van der Waals surface area contributed by atoms with Gasteiger partial charge in [-0.3, -0.25) is 14.8 Å². The van der Waals surface area contributed by atoms with E-state index in [2.05, 4.69) is 10.2 Å². The maximum Gasteiger partial charge on any atom is 0.228 e. The molecule has 0 spiro atoms. The summed E-state index contributed by atoms with van der Waals surface area (Å²) >= 11 is 5.84. The fourth-order valence-electron chi connectivity index (χ4n) is 2.47. The molecule has 1 saturated heterocycles. The van der Waals surface area contributed by atoms with Gasteiger partial charge in [0.25, 0.3) is 0 Å². The number of nitrogens with one attached hydrogen (secondary N) is 1. The summed E-state index contributed by atoms with van der Waals surface area (Å²) in [7, 11) is 1.63. The molecular formula is C15H16ClN3O2. The second kappa shape index (κ2) is 5.77. The van der Waals surface area contributed by atoms with Crippen LogP contribution in [0.2, 0.25) is 0 Å². The van der Waals surface area contributed by atoms with E-state index in [9.17, 15) is 4.79 Å². The van der Waals surface area contributed by atoms with Crippen molar-refractivity contribution in [3.63, 3.8) is 0 Å². The minimum atomic E-state index is 0.0773. The lowest BCUT2D eigenvalue weighted by Crippen LogP contribution is -2.24. The van der Waals surface area contributed by atoms with E-state index in [1.807, 2.05) is 30.3 Å².